The van der Waals surface area contributed by atoms with Gasteiger partial charge >= 0.3 is 0 Å². The Labute approximate surface area is 107 Å². The van der Waals surface area contributed by atoms with Crippen molar-refractivity contribution in [2.75, 3.05) is 0 Å². The molecule has 95 valence electrons. The van der Waals surface area contributed by atoms with Gasteiger partial charge in [-0.1, -0.05) is 26.2 Å². The lowest BCUT2D eigenvalue weighted by Gasteiger charge is -2.18. The van der Waals surface area contributed by atoms with Gasteiger partial charge in [0.1, 0.15) is 0 Å². The zero-order valence-corrected chi connectivity index (χ0v) is 12.4. The summed E-state index contributed by atoms with van der Waals surface area (Å²) in [5.41, 5.74) is 8.83. The predicted molar refractivity (Wildman–Crippen MR) is 77.7 cm³/mol. The Hall–Kier alpha value is -0.780. The zero-order chi connectivity index (χ0) is 13.0. The first-order valence-corrected chi connectivity index (χ1v) is 6.90. The first kappa shape index (κ1) is 14.3. The van der Waals surface area contributed by atoms with Crippen LogP contribution in [0.5, 0.6) is 0 Å². The van der Waals surface area contributed by atoms with Gasteiger partial charge in [0, 0.05) is 0 Å². The summed E-state index contributed by atoms with van der Waals surface area (Å²) in [5, 5.41) is 0. The molecule has 1 radical (unpaired) electrons. The molecule has 0 atom stereocenters. The highest BCUT2D eigenvalue weighted by molar-refractivity contribution is 5.52. The van der Waals surface area contributed by atoms with Crippen LogP contribution in [-0.4, -0.2) is 0 Å². The van der Waals surface area contributed by atoms with Gasteiger partial charge in [0.25, 0.3) is 0 Å². The van der Waals surface area contributed by atoms with Gasteiger partial charge in [-0.2, -0.15) is 0 Å². The molecule has 0 amide bonds. The Balaban J connectivity index is 2.92. The molecule has 0 unspecified atom stereocenters. The molecule has 0 nitrogen and oxygen atoms in total. The molecular formula is C17H27. The molecule has 0 heteroatoms. The fourth-order valence-corrected chi connectivity index (χ4v) is 2.48. The first-order valence-electron chi connectivity index (χ1n) is 6.90. The third-order valence-electron chi connectivity index (χ3n) is 4.21. The Kier molecular flexibility index (Phi) is 5.24. The summed E-state index contributed by atoms with van der Waals surface area (Å²) in [4.78, 5) is 0. The van der Waals surface area contributed by atoms with Crippen LogP contribution in [0.1, 0.15) is 66.0 Å². The fourth-order valence-electron chi connectivity index (χ4n) is 2.48. The van der Waals surface area contributed by atoms with E-state index in [1.54, 1.807) is 0 Å². The standard InChI is InChI=1S/C17H27/c1-7-8-9-10-11-17-15(5)13(3)12(2)14(4)16(17)6/h11H,7-10H2,1-6H3. The summed E-state index contributed by atoms with van der Waals surface area (Å²) in [5.74, 6) is 0. The van der Waals surface area contributed by atoms with E-state index in [4.69, 9.17) is 0 Å². The largest absolute Gasteiger partial charge is 0.0654 e. The van der Waals surface area contributed by atoms with E-state index >= 15 is 0 Å². The van der Waals surface area contributed by atoms with Gasteiger partial charge in [0.2, 0.25) is 0 Å². The number of benzene rings is 1. The average Bonchev–Trinajstić information content (AvgIpc) is 2.33. The first-order chi connectivity index (χ1) is 8.00. The van der Waals surface area contributed by atoms with Crippen molar-refractivity contribution in [1.29, 1.82) is 0 Å². The smallest absolute Gasteiger partial charge is 0.00874 e. The number of unbranched alkanes of at least 4 members (excludes halogenated alkanes) is 3. The van der Waals surface area contributed by atoms with E-state index in [0.717, 1.165) is 0 Å². The molecule has 0 N–H and O–H groups in total. The van der Waals surface area contributed by atoms with Crippen LogP contribution < -0.4 is 0 Å². The van der Waals surface area contributed by atoms with Crippen molar-refractivity contribution in [3.05, 3.63) is 39.8 Å². The van der Waals surface area contributed by atoms with E-state index < -0.39 is 0 Å². The second-order valence-electron chi connectivity index (χ2n) is 5.24. The lowest BCUT2D eigenvalue weighted by Crippen LogP contribution is -2.01. The Morgan fingerprint density at radius 2 is 1.18 bits per heavy atom. The Bertz CT molecular complexity index is 357. The average molecular weight is 231 g/mol. The molecule has 0 spiro atoms. The molecule has 0 aliphatic rings. The molecule has 0 heterocycles. The van der Waals surface area contributed by atoms with Gasteiger partial charge in [-0.15, -0.1) is 0 Å². The molecule has 0 bridgehead atoms. The molecular weight excluding hydrogens is 204 g/mol. The quantitative estimate of drug-likeness (QED) is 0.598. The Morgan fingerprint density at radius 3 is 1.65 bits per heavy atom. The van der Waals surface area contributed by atoms with Crippen molar-refractivity contribution in [2.45, 2.75) is 67.2 Å². The summed E-state index contributed by atoms with van der Waals surface area (Å²) in [6.07, 6.45) is 7.63. The van der Waals surface area contributed by atoms with Crippen LogP contribution in [0.4, 0.5) is 0 Å². The predicted octanol–water partition coefficient (Wildman–Crippen LogP) is 5.36. The topological polar surface area (TPSA) is 0 Å². The minimum absolute atomic E-state index is 1.22. The zero-order valence-electron chi connectivity index (χ0n) is 12.4. The van der Waals surface area contributed by atoms with Crippen molar-refractivity contribution in [3.63, 3.8) is 0 Å². The van der Waals surface area contributed by atoms with E-state index in [9.17, 15) is 0 Å². The van der Waals surface area contributed by atoms with Crippen molar-refractivity contribution in [3.8, 4) is 0 Å². The molecule has 0 aliphatic heterocycles. The highest BCUT2D eigenvalue weighted by atomic mass is 14.2. The van der Waals surface area contributed by atoms with Gasteiger partial charge < -0.3 is 0 Å². The van der Waals surface area contributed by atoms with Crippen molar-refractivity contribution < 1.29 is 0 Å². The van der Waals surface area contributed by atoms with Crippen molar-refractivity contribution in [1.82, 2.24) is 0 Å². The molecule has 0 aliphatic carbocycles. The minimum Gasteiger partial charge on any atom is -0.0654 e. The summed E-state index contributed by atoms with van der Waals surface area (Å²) in [6, 6.07) is 0. The van der Waals surface area contributed by atoms with Crippen LogP contribution in [0.15, 0.2) is 0 Å². The van der Waals surface area contributed by atoms with Gasteiger partial charge in [0.15, 0.2) is 0 Å². The fraction of sp³-hybridized carbons (Fsp3) is 0.588. The molecule has 0 aromatic heterocycles. The van der Waals surface area contributed by atoms with Crippen molar-refractivity contribution >= 4 is 0 Å². The summed E-state index contributed by atoms with van der Waals surface area (Å²) in [6.45, 7) is 13.5. The second-order valence-corrected chi connectivity index (χ2v) is 5.24. The molecule has 0 saturated heterocycles. The van der Waals surface area contributed by atoms with Gasteiger partial charge in [0.05, 0.1) is 0 Å². The van der Waals surface area contributed by atoms with E-state index in [1.165, 1.54) is 59.1 Å². The van der Waals surface area contributed by atoms with Crippen LogP contribution in [0.2, 0.25) is 0 Å². The normalized spacial score (nSPS) is 10.9. The number of hydrogen-bond acceptors (Lipinski definition) is 0. The maximum atomic E-state index is 2.44. The van der Waals surface area contributed by atoms with Crippen LogP contribution in [0, 0.1) is 41.0 Å². The summed E-state index contributed by atoms with van der Waals surface area (Å²) in [7, 11) is 0. The van der Waals surface area contributed by atoms with E-state index in [-0.39, 0.29) is 0 Å². The SMILES string of the molecule is CCCCC[CH]c1c(C)c(C)c(C)c(C)c1C. The lowest BCUT2D eigenvalue weighted by atomic mass is 9.87. The molecule has 1 rings (SSSR count). The highest BCUT2D eigenvalue weighted by Gasteiger charge is 2.11. The number of rotatable bonds is 5. The van der Waals surface area contributed by atoms with Crippen LogP contribution in [0.25, 0.3) is 0 Å². The molecule has 1 aromatic rings. The monoisotopic (exact) mass is 231 g/mol. The molecule has 17 heavy (non-hydrogen) atoms. The van der Waals surface area contributed by atoms with Gasteiger partial charge in [-0.25, -0.2) is 0 Å². The maximum Gasteiger partial charge on any atom is -0.00874 e. The molecule has 1 aromatic carbocycles. The van der Waals surface area contributed by atoms with Gasteiger partial charge in [-0.3, -0.25) is 0 Å². The maximum absolute atomic E-state index is 2.44. The third-order valence-corrected chi connectivity index (χ3v) is 4.21. The summed E-state index contributed by atoms with van der Waals surface area (Å²) < 4.78 is 0. The van der Waals surface area contributed by atoms with Crippen molar-refractivity contribution in [2.24, 2.45) is 0 Å². The van der Waals surface area contributed by atoms with Gasteiger partial charge in [-0.05, 0) is 80.8 Å². The van der Waals surface area contributed by atoms with E-state index in [2.05, 4.69) is 48.0 Å². The molecule has 0 fully saturated rings. The lowest BCUT2D eigenvalue weighted by molar-refractivity contribution is 0.714. The number of hydrogen-bond donors (Lipinski definition) is 0. The third kappa shape index (κ3) is 3.12. The van der Waals surface area contributed by atoms with Crippen LogP contribution in [0.3, 0.4) is 0 Å². The Morgan fingerprint density at radius 1 is 0.706 bits per heavy atom. The minimum atomic E-state index is 1.22. The second kappa shape index (κ2) is 6.23. The van der Waals surface area contributed by atoms with E-state index in [0.29, 0.717) is 0 Å². The van der Waals surface area contributed by atoms with Crippen LogP contribution in [-0.2, 0) is 0 Å². The highest BCUT2D eigenvalue weighted by Crippen LogP contribution is 2.28. The van der Waals surface area contributed by atoms with Crippen LogP contribution >= 0.6 is 0 Å². The van der Waals surface area contributed by atoms with E-state index in [1.807, 2.05) is 0 Å². The molecule has 0 saturated carbocycles. The summed E-state index contributed by atoms with van der Waals surface area (Å²) >= 11 is 0.